The van der Waals surface area contributed by atoms with Crippen molar-refractivity contribution in [2.45, 2.75) is 57.3 Å². The zero-order valence-corrected chi connectivity index (χ0v) is 12.1. The molecule has 0 radical (unpaired) electrons. The molecule has 0 bridgehead atoms. The number of alkyl halides is 3. The highest BCUT2D eigenvalue weighted by Crippen LogP contribution is 2.41. The molecule has 1 aromatic rings. The molecule has 8 heteroatoms. The second kappa shape index (κ2) is 5.89. The van der Waals surface area contributed by atoms with Crippen molar-refractivity contribution >= 4 is 5.91 Å². The summed E-state index contributed by atoms with van der Waals surface area (Å²) < 4.78 is 41.0. The highest BCUT2D eigenvalue weighted by molar-refractivity contribution is 5.79. The maximum atomic E-state index is 13.1. The summed E-state index contributed by atoms with van der Waals surface area (Å²) in [5, 5.41) is 6.85. The zero-order chi connectivity index (χ0) is 15.7. The Balaban J connectivity index is 1.64. The molecule has 22 heavy (non-hydrogen) atoms. The van der Waals surface area contributed by atoms with E-state index in [1.165, 1.54) is 6.33 Å². The summed E-state index contributed by atoms with van der Waals surface area (Å²) in [7, 11) is 0. The molecule has 3 rings (SSSR count). The van der Waals surface area contributed by atoms with Crippen LogP contribution in [0.3, 0.4) is 0 Å². The van der Waals surface area contributed by atoms with Gasteiger partial charge in [0, 0.05) is 18.4 Å². The van der Waals surface area contributed by atoms with Gasteiger partial charge in [-0.15, -0.1) is 0 Å². The van der Waals surface area contributed by atoms with Gasteiger partial charge in [-0.05, 0) is 19.3 Å². The van der Waals surface area contributed by atoms with Crippen LogP contribution in [-0.4, -0.2) is 32.9 Å². The molecular formula is C14H19F3N4O. The number of aryl methyl sites for hydroxylation is 1. The molecule has 0 spiro atoms. The number of aromatic nitrogens is 3. The SMILES string of the molecule is O=C(N[C@@H]1CCc2ncnn2C1)[C@H]1CCCC[C@@H]1C(F)(F)F. The molecular weight excluding hydrogens is 297 g/mol. The van der Waals surface area contributed by atoms with Crippen molar-refractivity contribution in [2.24, 2.45) is 11.8 Å². The number of rotatable bonds is 2. The second-order valence-electron chi connectivity index (χ2n) is 6.14. The van der Waals surface area contributed by atoms with E-state index in [1.807, 2.05) is 0 Å². The number of amides is 1. The molecule has 2 heterocycles. The minimum absolute atomic E-state index is 0.0550. The Morgan fingerprint density at radius 3 is 2.82 bits per heavy atom. The van der Waals surface area contributed by atoms with E-state index >= 15 is 0 Å². The summed E-state index contributed by atoms with van der Waals surface area (Å²) in [5.74, 6) is -2.07. The Labute approximate surface area is 126 Å². The third kappa shape index (κ3) is 3.10. The molecule has 1 fully saturated rings. The normalized spacial score (nSPS) is 29.0. The minimum Gasteiger partial charge on any atom is -0.351 e. The smallest absolute Gasteiger partial charge is 0.351 e. The molecule has 1 amide bonds. The van der Waals surface area contributed by atoms with Gasteiger partial charge in [0.15, 0.2) is 0 Å². The number of fused-ring (bicyclic) bond motifs is 1. The van der Waals surface area contributed by atoms with Crippen molar-refractivity contribution in [3.8, 4) is 0 Å². The lowest BCUT2D eigenvalue weighted by atomic mass is 9.78. The number of carbonyl (C=O) groups is 1. The van der Waals surface area contributed by atoms with Gasteiger partial charge in [0.25, 0.3) is 0 Å². The van der Waals surface area contributed by atoms with Gasteiger partial charge in [0.1, 0.15) is 12.2 Å². The lowest BCUT2D eigenvalue weighted by Crippen LogP contribution is -2.48. The standard InChI is InChI=1S/C14H19F3N4O/c15-14(16,17)11-4-2-1-3-10(11)13(22)20-9-5-6-12-18-8-19-21(12)7-9/h8-11H,1-7H2,(H,20,22)/t9-,10+,11+/m1/s1. The predicted molar refractivity (Wildman–Crippen MR) is 71.8 cm³/mol. The van der Waals surface area contributed by atoms with Crippen molar-refractivity contribution < 1.29 is 18.0 Å². The third-order valence-corrected chi connectivity index (χ3v) is 4.68. The average molecular weight is 316 g/mol. The minimum atomic E-state index is -4.30. The lowest BCUT2D eigenvalue weighted by Gasteiger charge is -2.33. The van der Waals surface area contributed by atoms with E-state index in [0.717, 1.165) is 5.82 Å². The van der Waals surface area contributed by atoms with Crippen LogP contribution in [-0.2, 0) is 17.8 Å². The monoisotopic (exact) mass is 316 g/mol. The van der Waals surface area contributed by atoms with Gasteiger partial charge < -0.3 is 5.32 Å². The largest absolute Gasteiger partial charge is 0.392 e. The highest BCUT2D eigenvalue weighted by atomic mass is 19.4. The first-order chi connectivity index (χ1) is 10.4. The Morgan fingerprint density at radius 1 is 1.27 bits per heavy atom. The summed E-state index contributed by atoms with van der Waals surface area (Å²) >= 11 is 0. The van der Waals surface area contributed by atoms with Gasteiger partial charge in [0.05, 0.1) is 12.5 Å². The summed E-state index contributed by atoms with van der Waals surface area (Å²) in [6.45, 7) is 0.477. The van der Waals surface area contributed by atoms with Gasteiger partial charge in [-0.2, -0.15) is 18.3 Å². The molecule has 1 aliphatic carbocycles. The van der Waals surface area contributed by atoms with Crippen molar-refractivity contribution in [3.05, 3.63) is 12.2 Å². The molecule has 122 valence electrons. The summed E-state index contributed by atoms with van der Waals surface area (Å²) in [6, 6.07) is -0.169. The fraction of sp³-hybridized carbons (Fsp3) is 0.786. The molecule has 3 atom stereocenters. The van der Waals surface area contributed by atoms with Gasteiger partial charge in [-0.25, -0.2) is 9.67 Å². The number of carbonyl (C=O) groups excluding carboxylic acids is 1. The van der Waals surface area contributed by atoms with E-state index in [1.54, 1.807) is 4.68 Å². The Kier molecular flexibility index (Phi) is 4.10. The lowest BCUT2D eigenvalue weighted by molar-refractivity contribution is -0.198. The average Bonchev–Trinajstić information content (AvgIpc) is 2.94. The van der Waals surface area contributed by atoms with E-state index in [4.69, 9.17) is 0 Å². The Hall–Kier alpha value is -1.60. The van der Waals surface area contributed by atoms with Crippen molar-refractivity contribution in [2.75, 3.05) is 0 Å². The molecule has 2 aliphatic rings. The van der Waals surface area contributed by atoms with E-state index in [-0.39, 0.29) is 12.5 Å². The number of nitrogens with one attached hydrogen (secondary N) is 1. The Morgan fingerprint density at radius 2 is 2.05 bits per heavy atom. The number of hydrogen-bond acceptors (Lipinski definition) is 3. The maximum absolute atomic E-state index is 13.1. The highest BCUT2D eigenvalue weighted by Gasteiger charge is 2.48. The second-order valence-corrected chi connectivity index (χ2v) is 6.14. The Bertz CT molecular complexity index is 542. The van der Waals surface area contributed by atoms with Gasteiger partial charge in [0.2, 0.25) is 5.91 Å². The molecule has 1 aromatic heterocycles. The molecule has 0 unspecified atom stereocenters. The van der Waals surface area contributed by atoms with Crippen LogP contribution in [0.15, 0.2) is 6.33 Å². The molecule has 1 N–H and O–H groups in total. The first-order valence-corrected chi connectivity index (χ1v) is 7.69. The van der Waals surface area contributed by atoms with Crippen LogP contribution in [0.25, 0.3) is 0 Å². The van der Waals surface area contributed by atoms with Gasteiger partial charge >= 0.3 is 6.18 Å². The van der Waals surface area contributed by atoms with Crippen LogP contribution in [0.4, 0.5) is 13.2 Å². The number of hydrogen-bond donors (Lipinski definition) is 1. The molecule has 1 saturated carbocycles. The van der Waals surface area contributed by atoms with Crippen LogP contribution in [0.1, 0.15) is 37.9 Å². The van der Waals surface area contributed by atoms with Crippen LogP contribution in [0.2, 0.25) is 0 Å². The summed E-state index contributed by atoms with van der Waals surface area (Å²) in [5.41, 5.74) is 0. The number of nitrogens with zero attached hydrogens (tertiary/aromatic N) is 3. The quantitative estimate of drug-likeness (QED) is 0.909. The van der Waals surface area contributed by atoms with Crippen molar-refractivity contribution in [3.63, 3.8) is 0 Å². The number of halogens is 3. The van der Waals surface area contributed by atoms with Crippen LogP contribution in [0.5, 0.6) is 0 Å². The fourth-order valence-corrected chi connectivity index (χ4v) is 3.50. The molecule has 1 aliphatic heterocycles. The first kappa shape index (κ1) is 15.3. The maximum Gasteiger partial charge on any atom is 0.392 e. The van der Waals surface area contributed by atoms with E-state index in [0.29, 0.717) is 38.6 Å². The summed E-state index contributed by atoms with van der Waals surface area (Å²) in [6.07, 6.45) is 0.125. The fourth-order valence-electron chi connectivity index (χ4n) is 3.50. The summed E-state index contributed by atoms with van der Waals surface area (Å²) in [4.78, 5) is 16.4. The van der Waals surface area contributed by atoms with Crippen LogP contribution in [0, 0.1) is 11.8 Å². The zero-order valence-electron chi connectivity index (χ0n) is 12.1. The molecule has 0 saturated heterocycles. The first-order valence-electron chi connectivity index (χ1n) is 7.69. The molecule has 5 nitrogen and oxygen atoms in total. The van der Waals surface area contributed by atoms with Crippen LogP contribution < -0.4 is 5.32 Å². The van der Waals surface area contributed by atoms with E-state index in [2.05, 4.69) is 15.4 Å². The van der Waals surface area contributed by atoms with Crippen LogP contribution >= 0.6 is 0 Å². The van der Waals surface area contributed by atoms with Gasteiger partial charge in [-0.3, -0.25) is 4.79 Å². The third-order valence-electron chi connectivity index (χ3n) is 4.68. The van der Waals surface area contributed by atoms with Crippen molar-refractivity contribution in [1.29, 1.82) is 0 Å². The van der Waals surface area contributed by atoms with E-state index in [9.17, 15) is 18.0 Å². The predicted octanol–water partition coefficient (Wildman–Crippen LogP) is 2.08. The van der Waals surface area contributed by atoms with Gasteiger partial charge in [-0.1, -0.05) is 12.8 Å². The molecule has 0 aromatic carbocycles. The topological polar surface area (TPSA) is 59.8 Å². The van der Waals surface area contributed by atoms with E-state index < -0.39 is 23.9 Å². The van der Waals surface area contributed by atoms with Crippen molar-refractivity contribution in [1.82, 2.24) is 20.1 Å².